The quantitative estimate of drug-likeness (QED) is 0.812. The van der Waals surface area contributed by atoms with Crippen LogP contribution in [0, 0.1) is 0 Å². The van der Waals surface area contributed by atoms with Crippen LogP contribution in [0.1, 0.15) is 36.2 Å². The standard InChI is InChI=1S/C15H21N3O/c19-15(14-7-3-4-8-16-14)18-11-9-17(10-12-18)13-5-1-2-6-13/h3-4,7-8,13H,1-2,5-6,9-12H2. The van der Waals surface area contributed by atoms with E-state index in [0.29, 0.717) is 5.69 Å². The van der Waals surface area contributed by atoms with E-state index >= 15 is 0 Å². The van der Waals surface area contributed by atoms with E-state index < -0.39 is 0 Å². The molecule has 2 fully saturated rings. The topological polar surface area (TPSA) is 36.4 Å². The molecule has 0 spiro atoms. The van der Waals surface area contributed by atoms with E-state index in [1.807, 2.05) is 17.0 Å². The molecule has 102 valence electrons. The highest BCUT2D eigenvalue weighted by Gasteiger charge is 2.28. The van der Waals surface area contributed by atoms with Gasteiger partial charge in [0.1, 0.15) is 5.69 Å². The van der Waals surface area contributed by atoms with E-state index in [2.05, 4.69) is 9.88 Å². The summed E-state index contributed by atoms with van der Waals surface area (Å²) in [4.78, 5) is 20.9. The third-order valence-electron chi connectivity index (χ3n) is 4.33. The summed E-state index contributed by atoms with van der Waals surface area (Å²) in [5, 5.41) is 0. The number of carbonyl (C=O) groups is 1. The molecule has 1 aliphatic carbocycles. The number of rotatable bonds is 2. The summed E-state index contributed by atoms with van der Waals surface area (Å²) < 4.78 is 0. The van der Waals surface area contributed by atoms with Gasteiger partial charge in [-0.2, -0.15) is 0 Å². The zero-order valence-corrected chi connectivity index (χ0v) is 11.3. The minimum atomic E-state index is 0.0756. The maximum Gasteiger partial charge on any atom is 0.272 e. The molecule has 0 unspecified atom stereocenters. The van der Waals surface area contributed by atoms with Gasteiger partial charge in [-0.1, -0.05) is 18.9 Å². The average Bonchev–Trinajstić information content (AvgIpc) is 3.02. The molecule has 1 saturated heterocycles. The fourth-order valence-electron chi connectivity index (χ4n) is 3.21. The second kappa shape index (κ2) is 5.70. The molecule has 0 atom stereocenters. The van der Waals surface area contributed by atoms with Gasteiger partial charge in [0, 0.05) is 38.4 Å². The summed E-state index contributed by atoms with van der Waals surface area (Å²) in [6.45, 7) is 3.71. The van der Waals surface area contributed by atoms with Gasteiger partial charge in [0.2, 0.25) is 0 Å². The average molecular weight is 259 g/mol. The number of carbonyl (C=O) groups excluding carboxylic acids is 1. The van der Waals surface area contributed by atoms with Crippen LogP contribution in [-0.2, 0) is 0 Å². The molecule has 4 heteroatoms. The predicted molar refractivity (Wildman–Crippen MR) is 74.0 cm³/mol. The first kappa shape index (κ1) is 12.6. The van der Waals surface area contributed by atoms with Gasteiger partial charge < -0.3 is 4.90 Å². The van der Waals surface area contributed by atoms with Gasteiger partial charge in [-0.3, -0.25) is 14.7 Å². The lowest BCUT2D eigenvalue weighted by molar-refractivity contribution is 0.0568. The first-order valence-electron chi connectivity index (χ1n) is 7.29. The number of aromatic nitrogens is 1. The molecule has 1 aliphatic heterocycles. The van der Waals surface area contributed by atoms with Crippen molar-refractivity contribution in [2.75, 3.05) is 26.2 Å². The Kier molecular flexibility index (Phi) is 3.78. The molecular weight excluding hydrogens is 238 g/mol. The highest BCUT2D eigenvalue weighted by molar-refractivity contribution is 5.92. The maximum absolute atomic E-state index is 12.3. The van der Waals surface area contributed by atoms with Crippen molar-refractivity contribution in [2.24, 2.45) is 0 Å². The van der Waals surface area contributed by atoms with Gasteiger partial charge in [-0.05, 0) is 25.0 Å². The van der Waals surface area contributed by atoms with Gasteiger partial charge in [0.15, 0.2) is 0 Å². The number of amides is 1. The second-order valence-corrected chi connectivity index (χ2v) is 5.48. The van der Waals surface area contributed by atoms with Crippen molar-refractivity contribution < 1.29 is 4.79 Å². The Hall–Kier alpha value is -1.42. The van der Waals surface area contributed by atoms with Crippen LogP contribution in [0.25, 0.3) is 0 Å². The molecule has 0 radical (unpaired) electrons. The summed E-state index contributed by atoms with van der Waals surface area (Å²) in [7, 11) is 0. The molecule has 1 aromatic heterocycles. The number of pyridine rings is 1. The summed E-state index contributed by atoms with van der Waals surface area (Å²) in [6, 6.07) is 6.28. The Bertz CT molecular complexity index is 420. The van der Waals surface area contributed by atoms with Crippen molar-refractivity contribution >= 4 is 5.91 Å². The summed E-state index contributed by atoms with van der Waals surface area (Å²) in [6.07, 6.45) is 7.11. The van der Waals surface area contributed by atoms with E-state index in [0.717, 1.165) is 32.2 Å². The molecule has 1 saturated carbocycles. The van der Waals surface area contributed by atoms with Gasteiger partial charge in [0.05, 0.1) is 0 Å². The first-order valence-corrected chi connectivity index (χ1v) is 7.29. The third-order valence-corrected chi connectivity index (χ3v) is 4.33. The molecule has 3 rings (SSSR count). The van der Waals surface area contributed by atoms with Gasteiger partial charge in [0.25, 0.3) is 5.91 Å². The first-order chi connectivity index (χ1) is 9.34. The van der Waals surface area contributed by atoms with Crippen molar-refractivity contribution in [2.45, 2.75) is 31.7 Å². The molecule has 4 nitrogen and oxygen atoms in total. The van der Waals surface area contributed by atoms with Gasteiger partial charge in [-0.25, -0.2) is 0 Å². The van der Waals surface area contributed by atoms with Crippen LogP contribution >= 0.6 is 0 Å². The van der Waals surface area contributed by atoms with Crippen LogP contribution in [-0.4, -0.2) is 52.9 Å². The minimum absolute atomic E-state index is 0.0756. The second-order valence-electron chi connectivity index (χ2n) is 5.48. The summed E-state index contributed by atoms with van der Waals surface area (Å²) >= 11 is 0. The number of hydrogen-bond acceptors (Lipinski definition) is 3. The molecule has 0 aromatic carbocycles. The van der Waals surface area contributed by atoms with Crippen LogP contribution in [0.2, 0.25) is 0 Å². The van der Waals surface area contributed by atoms with E-state index in [4.69, 9.17) is 0 Å². The fraction of sp³-hybridized carbons (Fsp3) is 0.600. The zero-order chi connectivity index (χ0) is 13.1. The van der Waals surface area contributed by atoms with E-state index in [-0.39, 0.29) is 5.91 Å². The normalized spacial score (nSPS) is 21.8. The lowest BCUT2D eigenvalue weighted by Gasteiger charge is -2.37. The van der Waals surface area contributed by atoms with E-state index in [1.165, 1.54) is 25.7 Å². The molecule has 2 heterocycles. The van der Waals surface area contributed by atoms with Crippen LogP contribution in [0.3, 0.4) is 0 Å². The zero-order valence-electron chi connectivity index (χ0n) is 11.3. The number of nitrogens with zero attached hydrogens (tertiary/aromatic N) is 3. The third kappa shape index (κ3) is 2.78. The summed E-state index contributed by atoms with van der Waals surface area (Å²) in [5.74, 6) is 0.0756. The number of piperazine rings is 1. The highest BCUT2D eigenvalue weighted by Crippen LogP contribution is 2.24. The molecule has 2 aliphatic rings. The summed E-state index contributed by atoms with van der Waals surface area (Å²) in [5.41, 5.74) is 0.566. The van der Waals surface area contributed by atoms with Crippen molar-refractivity contribution in [3.05, 3.63) is 30.1 Å². The fourth-order valence-corrected chi connectivity index (χ4v) is 3.21. The van der Waals surface area contributed by atoms with E-state index in [9.17, 15) is 4.79 Å². The largest absolute Gasteiger partial charge is 0.335 e. The Morgan fingerprint density at radius 2 is 1.84 bits per heavy atom. The Morgan fingerprint density at radius 1 is 1.11 bits per heavy atom. The Morgan fingerprint density at radius 3 is 2.47 bits per heavy atom. The van der Waals surface area contributed by atoms with Crippen LogP contribution in [0.4, 0.5) is 0 Å². The Labute approximate surface area is 114 Å². The highest BCUT2D eigenvalue weighted by atomic mass is 16.2. The lowest BCUT2D eigenvalue weighted by atomic mass is 10.1. The van der Waals surface area contributed by atoms with E-state index in [1.54, 1.807) is 12.3 Å². The van der Waals surface area contributed by atoms with Crippen molar-refractivity contribution in [1.82, 2.24) is 14.8 Å². The smallest absolute Gasteiger partial charge is 0.272 e. The van der Waals surface area contributed by atoms with Crippen LogP contribution < -0.4 is 0 Å². The van der Waals surface area contributed by atoms with Gasteiger partial charge in [-0.15, -0.1) is 0 Å². The maximum atomic E-state index is 12.3. The van der Waals surface area contributed by atoms with Gasteiger partial charge >= 0.3 is 0 Å². The lowest BCUT2D eigenvalue weighted by Crippen LogP contribution is -2.51. The molecule has 0 N–H and O–H groups in total. The minimum Gasteiger partial charge on any atom is -0.335 e. The van der Waals surface area contributed by atoms with Crippen molar-refractivity contribution in [3.8, 4) is 0 Å². The predicted octanol–water partition coefficient (Wildman–Crippen LogP) is 1.78. The molecule has 1 amide bonds. The van der Waals surface area contributed by atoms with Crippen molar-refractivity contribution in [1.29, 1.82) is 0 Å². The van der Waals surface area contributed by atoms with Crippen molar-refractivity contribution in [3.63, 3.8) is 0 Å². The molecule has 0 bridgehead atoms. The SMILES string of the molecule is O=C(c1ccccn1)N1CCN(C2CCCC2)CC1. The monoisotopic (exact) mass is 259 g/mol. The van der Waals surface area contributed by atoms with Crippen LogP contribution in [0.15, 0.2) is 24.4 Å². The van der Waals surface area contributed by atoms with Crippen LogP contribution in [0.5, 0.6) is 0 Å². The molecular formula is C15H21N3O. The molecule has 19 heavy (non-hydrogen) atoms. The number of hydrogen-bond donors (Lipinski definition) is 0. The Balaban J connectivity index is 1.56. The molecule has 1 aromatic rings.